The number of ether oxygens (including phenoxy) is 2. The van der Waals surface area contributed by atoms with E-state index in [4.69, 9.17) is 20.3 Å². The minimum absolute atomic E-state index is 0.253. The van der Waals surface area contributed by atoms with Crippen LogP contribution in [0.4, 0.5) is 0 Å². The van der Waals surface area contributed by atoms with Gasteiger partial charge in [-0.25, -0.2) is 0 Å². The first-order chi connectivity index (χ1) is 9.11. The summed E-state index contributed by atoms with van der Waals surface area (Å²) >= 11 is 0. The van der Waals surface area contributed by atoms with Crippen molar-refractivity contribution in [1.29, 1.82) is 0 Å². The standard InChI is InChI=1S/C13H18N2O4/c1-15(13(17)10(14)7-16)5-4-9-2-3-11-12(6-9)19-8-18-11/h2-3,6,10,16H,4-5,7-8,14H2,1H3. The fourth-order valence-corrected chi connectivity index (χ4v) is 1.86. The maximum Gasteiger partial charge on any atom is 0.241 e. The topological polar surface area (TPSA) is 85.0 Å². The molecule has 1 aromatic carbocycles. The molecule has 1 amide bonds. The number of rotatable bonds is 5. The molecule has 1 aliphatic heterocycles. The van der Waals surface area contributed by atoms with E-state index in [0.717, 1.165) is 17.1 Å². The smallest absolute Gasteiger partial charge is 0.241 e. The molecule has 104 valence electrons. The summed E-state index contributed by atoms with van der Waals surface area (Å²) in [5, 5.41) is 8.84. The van der Waals surface area contributed by atoms with Crippen LogP contribution in [0.3, 0.4) is 0 Å². The van der Waals surface area contributed by atoms with E-state index < -0.39 is 6.04 Å². The molecular weight excluding hydrogens is 248 g/mol. The predicted molar refractivity (Wildman–Crippen MR) is 69.0 cm³/mol. The highest BCUT2D eigenvalue weighted by molar-refractivity contribution is 5.81. The van der Waals surface area contributed by atoms with Gasteiger partial charge in [0.1, 0.15) is 6.04 Å². The normalized spacial score (nSPS) is 14.3. The van der Waals surface area contributed by atoms with Crippen molar-refractivity contribution in [1.82, 2.24) is 4.90 Å². The maximum absolute atomic E-state index is 11.7. The molecule has 0 bridgehead atoms. The maximum atomic E-state index is 11.7. The van der Waals surface area contributed by atoms with Gasteiger partial charge in [0.25, 0.3) is 0 Å². The summed E-state index contributed by atoms with van der Waals surface area (Å²) < 4.78 is 10.5. The van der Waals surface area contributed by atoms with Gasteiger partial charge in [0.2, 0.25) is 12.7 Å². The number of nitrogens with zero attached hydrogens (tertiary/aromatic N) is 1. The summed E-state index contributed by atoms with van der Waals surface area (Å²) in [7, 11) is 1.67. The van der Waals surface area contributed by atoms with E-state index in [1.54, 1.807) is 7.05 Å². The highest BCUT2D eigenvalue weighted by atomic mass is 16.7. The quantitative estimate of drug-likeness (QED) is 0.766. The van der Waals surface area contributed by atoms with Gasteiger partial charge in [-0.3, -0.25) is 4.79 Å². The van der Waals surface area contributed by atoms with Gasteiger partial charge < -0.3 is 25.2 Å². The average Bonchev–Trinajstić information content (AvgIpc) is 2.90. The van der Waals surface area contributed by atoms with Crippen LogP contribution < -0.4 is 15.2 Å². The number of nitrogens with two attached hydrogens (primary N) is 1. The van der Waals surface area contributed by atoms with E-state index in [2.05, 4.69) is 0 Å². The number of aliphatic hydroxyl groups excluding tert-OH is 1. The molecule has 0 aliphatic carbocycles. The molecule has 1 heterocycles. The van der Waals surface area contributed by atoms with Crippen LogP contribution in [-0.2, 0) is 11.2 Å². The molecule has 2 rings (SSSR count). The highest BCUT2D eigenvalue weighted by Gasteiger charge is 2.17. The van der Waals surface area contributed by atoms with Crippen LogP contribution in [0.2, 0.25) is 0 Å². The van der Waals surface area contributed by atoms with Crippen molar-refractivity contribution < 1.29 is 19.4 Å². The van der Waals surface area contributed by atoms with E-state index in [0.29, 0.717) is 13.0 Å². The Bertz CT molecular complexity index is 464. The second-order valence-corrected chi connectivity index (χ2v) is 4.49. The summed E-state index contributed by atoms with van der Waals surface area (Å²) in [6.45, 7) is 0.446. The highest BCUT2D eigenvalue weighted by Crippen LogP contribution is 2.32. The third kappa shape index (κ3) is 3.15. The van der Waals surface area contributed by atoms with Gasteiger partial charge in [0.15, 0.2) is 11.5 Å². The summed E-state index contributed by atoms with van der Waals surface area (Å²) in [5.41, 5.74) is 6.54. The number of amides is 1. The molecule has 6 heteroatoms. The van der Waals surface area contributed by atoms with Crippen LogP contribution in [0, 0.1) is 0 Å². The molecule has 0 saturated carbocycles. The van der Waals surface area contributed by atoms with Crippen LogP contribution in [0.25, 0.3) is 0 Å². The molecule has 1 atom stereocenters. The van der Waals surface area contributed by atoms with Crippen LogP contribution in [0.5, 0.6) is 11.5 Å². The van der Waals surface area contributed by atoms with Gasteiger partial charge in [-0.05, 0) is 24.1 Å². The van der Waals surface area contributed by atoms with E-state index in [-0.39, 0.29) is 19.3 Å². The third-order valence-electron chi connectivity index (χ3n) is 3.06. The second-order valence-electron chi connectivity index (χ2n) is 4.49. The van der Waals surface area contributed by atoms with Crippen LogP contribution >= 0.6 is 0 Å². The van der Waals surface area contributed by atoms with Gasteiger partial charge in [-0.1, -0.05) is 6.07 Å². The Hall–Kier alpha value is -1.79. The summed E-state index contributed by atoms with van der Waals surface area (Å²) in [6.07, 6.45) is 0.691. The number of hydrogen-bond donors (Lipinski definition) is 2. The number of hydrogen-bond acceptors (Lipinski definition) is 5. The molecule has 1 aliphatic rings. The van der Waals surface area contributed by atoms with Crippen molar-refractivity contribution in [2.45, 2.75) is 12.5 Å². The Kier molecular flexibility index (Phi) is 4.24. The fraction of sp³-hybridized carbons (Fsp3) is 0.462. The SMILES string of the molecule is CN(CCc1ccc2c(c1)OCO2)C(=O)C(N)CO. The minimum Gasteiger partial charge on any atom is -0.454 e. The molecular formula is C13H18N2O4. The zero-order valence-corrected chi connectivity index (χ0v) is 10.8. The van der Waals surface area contributed by atoms with Gasteiger partial charge in [0, 0.05) is 13.6 Å². The van der Waals surface area contributed by atoms with Crippen LogP contribution in [0.1, 0.15) is 5.56 Å². The number of fused-ring (bicyclic) bond motifs is 1. The predicted octanol–water partition coefficient (Wildman–Crippen LogP) is -0.264. The van der Waals surface area contributed by atoms with Crippen LogP contribution in [-0.4, -0.2) is 48.9 Å². The lowest BCUT2D eigenvalue weighted by atomic mass is 10.1. The minimum atomic E-state index is -0.846. The monoisotopic (exact) mass is 266 g/mol. The van der Waals surface area contributed by atoms with Crippen molar-refractivity contribution in [2.75, 3.05) is 27.0 Å². The van der Waals surface area contributed by atoms with Crippen molar-refractivity contribution >= 4 is 5.91 Å². The van der Waals surface area contributed by atoms with E-state index >= 15 is 0 Å². The van der Waals surface area contributed by atoms with Gasteiger partial charge in [0.05, 0.1) is 6.61 Å². The van der Waals surface area contributed by atoms with Gasteiger partial charge >= 0.3 is 0 Å². The van der Waals surface area contributed by atoms with Crippen LogP contribution in [0.15, 0.2) is 18.2 Å². The Morgan fingerprint density at radius 3 is 2.95 bits per heavy atom. The van der Waals surface area contributed by atoms with E-state index in [9.17, 15) is 4.79 Å². The summed E-state index contributed by atoms with van der Waals surface area (Å²) in [5.74, 6) is 1.22. The lowest BCUT2D eigenvalue weighted by Crippen LogP contribution is -2.44. The largest absolute Gasteiger partial charge is 0.454 e. The number of benzene rings is 1. The molecule has 3 N–H and O–H groups in total. The lowest BCUT2D eigenvalue weighted by molar-refractivity contribution is -0.132. The number of aliphatic hydroxyl groups is 1. The van der Waals surface area contributed by atoms with E-state index in [1.807, 2.05) is 18.2 Å². The van der Waals surface area contributed by atoms with Crippen molar-refractivity contribution in [3.8, 4) is 11.5 Å². The first-order valence-corrected chi connectivity index (χ1v) is 6.11. The zero-order valence-electron chi connectivity index (χ0n) is 10.8. The number of likely N-dealkylation sites (N-methyl/N-ethyl adjacent to an activating group) is 1. The molecule has 6 nitrogen and oxygen atoms in total. The molecule has 0 aromatic heterocycles. The summed E-state index contributed by atoms with van der Waals surface area (Å²) in [6, 6.07) is 4.87. The first-order valence-electron chi connectivity index (χ1n) is 6.11. The van der Waals surface area contributed by atoms with Gasteiger partial charge in [-0.15, -0.1) is 0 Å². The Balaban J connectivity index is 1.90. The van der Waals surface area contributed by atoms with Gasteiger partial charge in [-0.2, -0.15) is 0 Å². The Morgan fingerprint density at radius 2 is 2.21 bits per heavy atom. The number of carbonyl (C=O) groups excluding carboxylic acids is 1. The Morgan fingerprint density at radius 1 is 1.47 bits per heavy atom. The molecule has 0 radical (unpaired) electrons. The lowest BCUT2D eigenvalue weighted by Gasteiger charge is -2.20. The molecule has 0 fully saturated rings. The molecule has 0 spiro atoms. The third-order valence-corrected chi connectivity index (χ3v) is 3.06. The average molecular weight is 266 g/mol. The zero-order chi connectivity index (χ0) is 13.8. The molecule has 1 unspecified atom stereocenters. The molecule has 0 saturated heterocycles. The Labute approximate surface area is 111 Å². The van der Waals surface area contributed by atoms with Crippen molar-refractivity contribution in [2.24, 2.45) is 5.73 Å². The van der Waals surface area contributed by atoms with Crippen molar-refractivity contribution in [3.63, 3.8) is 0 Å². The van der Waals surface area contributed by atoms with Crippen molar-refractivity contribution in [3.05, 3.63) is 23.8 Å². The molecule has 19 heavy (non-hydrogen) atoms. The fourth-order valence-electron chi connectivity index (χ4n) is 1.86. The summed E-state index contributed by atoms with van der Waals surface area (Å²) in [4.78, 5) is 13.2. The molecule has 1 aromatic rings. The number of carbonyl (C=O) groups is 1. The first kappa shape index (κ1) is 13.6. The second kappa shape index (κ2) is 5.90. The van der Waals surface area contributed by atoms with E-state index in [1.165, 1.54) is 4.90 Å².